The maximum Gasteiger partial charge on any atom is 0.247 e. The van der Waals surface area contributed by atoms with Gasteiger partial charge in [-0.05, 0) is 38.8 Å². The van der Waals surface area contributed by atoms with E-state index in [1.165, 1.54) is 5.56 Å². The summed E-state index contributed by atoms with van der Waals surface area (Å²) in [6, 6.07) is 8.89. The Kier molecular flexibility index (Phi) is 4.03. The molecular formula is C16H22N4O. The van der Waals surface area contributed by atoms with Gasteiger partial charge in [-0.1, -0.05) is 17.7 Å². The highest BCUT2D eigenvalue weighted by molar-refractivity contribution is 5.53. The van der Waals surface area contributed by atoms with Gasteiger partial charge in [0.15, 0.2) is 0 Å². The van der Waals surface area contributed by atoms with Gasteiger partial charge >= 0.3 is 0 Å². The number of hydrogen-bond donors (Lipinski definition) is 1. The predicted molar refractivity (Wildman–Crippen MR) is 81.6 cm³/mol. The lowest BCUT2D eigenvalue weighted by Crippen LogP contribution is -2.45. The lowest BCUT2D eigenvalue weighted by atomic mass is 9.99. The summed E-state index contributed by atoms with van der Waals surface area (Å²) in [5, 5.41) is 8.35. The van der Waals surface area contributed by atoms with Crippen molar-refractivity contribution in [1.82, 2.24) is 15.1 Å². The Morgan fingerprint density at radius 3 is 3.00 bits per heavy atom. The maximum absolute atomic E-state index is 6.00. The average Bonchev–Trinajstić information content (AvgIpc) is 2.91. The molecule has 2 unspecified atom stereocenters. The highest BCUT2D eigenvalue weighted by Gasteiger charge is 2.24. The van der Waals surface area contributed by atoms with Crippen LogP contribution in [0.1, 0.15) is 31.2 Å². The van der Waals surface area contributed by atoms with Crippen LogP contribution in [0.25, 0.3) is 11.5 Å². The van der Waals surface area contributed by atoms with Gasteiger partial charge < -0.3 is 10.2 Å². The Morgan fingerprint density at radius 2 is 2.24 bits per heavy atom. The van der Waals surface area contributed by atoms with E-state index in [4.69, 9.17) is 10.2 Å². The van der Waals surface area contributed by atoms with Crippen LogP contribution in [0.2, 0.25) is 0 Å². The number of hydrogen-bond acceptors (Lipinski definition) is 5. The zero-order valence-electron chi connectivity index (χ0n) is 12.6. The number of aryl methyl sites for hydroxylation is 1. The molecule has 5 heteroatoms. The van der Waals surface area contributed by atoms with Gasteiger partial charge in [0.25, 0.3) is 0 Å². The minimum absolute atomic E-state index is 0.321. The molecule has 2 N–H and O–H groups in total. The van der Waals surface area contributed by atoms with Gasteiger partial charge in [-0.2, -0.15) is 0 Å². The molecule has 2 heterocycles. The fraction of sp³-hybridized carbons (Fsp3) is 0.500. The third-order valence-corrected chi connectivity index (χ3v) is 4.12. The van der Waals surface area contributed by atoms with E-state index < -0.39 is 0 Å². The lowest BCUT2D eigenvalue weighted by Gasteiger charge is -2.35. The van der Waals surface area contributed by atoms with Crippen LogP contribution in [0, 0.1) is 6.92 Å². The number of aromatic nitrogens is 2. The molecular weight excluding hydrogens is 264 g/mol. The van der Waals surface area contributed by atoms with Crippen LogP contribution in [0.3, 0.4) is 0 Å². The smallest absolute Gasteiger partial charge is 0.247 e. The van der Waals surface area contributed by atoms with Gasteiger partial charge in [0, 0.05) is 24.2 Å². The van der Waals surface area contributed by atoms with Gasteiger partial charge in [-0.15, -0.1) is 10.2 Å². The van der Waals surface area contributed by atoms with Gasteiger partial charge in [-0.25, -0.2) is 0 Å². The van der Waals surface area contributed by atoms with Crippen molar-refractivity contribution >= 4 is 0 Å². The van der Waals surface area contributed by atoms with Crippen molar-refractivity contribution in [2.24, 2.45) is 5.73 Å². The van der Waals surface area contributed by atoms with E-state index in [1.54, 1.807) is 0 Å². The van der Waals surface area contributed by atoms with Gasteiger partial charge in [-0.3, -0.25) is 4.90 Å². The zero-order valence-corrected chi connectivity index (χ0v) is 12.6. The third kappa shape index (κ3) is 3.31. The van der Waals surface area contributed by atoms with Gasteiger partial charge in [0.2, 0.25) is 11.8 Å². The van der Waals surface area contributed by atoms with Crippen LogP contribution in [-0.4, -0.2) is 33.7 Å². The minimum atomic E-state index is 0.321. The summed E-state index contributed by atoms with van der Waals surface area (Å²) in [5.41, 5.74) is 8.16. The third-order valence-electron chi connectivity index (χ3n) is 4.12. The summed E-state index contributed by atoms with van der Waals surface area (Å²) in [6.07, 6.45) is 2.06. The van der Waals surface area contributed by atoms with E-state index in [-0.39, 0.29) is 0 Å². The van der Waals surface area contributed by atoms with E-state index in [2.05, 4.69) is 41.1 Å². The summed E-state index contributed by atoms with van der Waals surface area (Å²) in [4.78, 5) is 2.36. The first-order chi connectivity index (χ1) is 10.1. The fourth-order valence-electron chi connectivity index (χ4n) is 2.88. The highest BCUT2D eigenvalue weighted by atomic mass is 16.4. The van der Waals surface area contributed by atoms with Crippen LogP contribution >= 0.6 is 0 Å². The van der Waals surface area contributed by atoms with Crippen LogP contribution < -0.4 is 5.73 Å². The molecule has 1 fully saturated rings. The molecule has 112 valence electrons. The normalized spacial score (nSPS) is 23.4. The molecule has 0 saturated carbocycles. The Hall–Kier alpha value is -1.72. The highest BCUT2D eigenvalue weighted by Crippen LogP contribution is 2.22. The molecule has 1 aromatic heterocycles. The number of rotatable bonds is 3. The van der Waals surface area contributed by atoms with Crippen molar-refractivity contribution in [2.75, 3.05) is 6.54 Å². The predicted octanol–water partition coefficient (Wildman–Crippen LogP) is 2.36. The van der Waals surface area contributed by atoms with Crippen LogP contribution in [0.15, 0.2) is 28.7 Å². The quantitative estimate of drug-likeness (QED) is 0.938. The largest absolute Gasteiger partial charge is 0.419 e. The van der Waals surface area contributed by atoms with Crippen molar-refractivity contribution in [3.05, 3.63) is 35.7 Å². The summed E-state index contributed by atoms with van der Waals surface area (Å²) < 4.78 is 5.81. The number of nitrogens with two attached hydrogens (primary N) is 1. The van der Waals surface area contributed by atoms with Crippen molar-refractivity contribution in [3.8, 4) is 11.5 Å². The van der Waals surface area contributed by atoms with Crippen molar-refractivity contribution in [1.29, 1.82) is 0 Å². The number of benzene rings is 1. The van der Waals surface area contributed by atoms with E-state index in [0.717, 1.165) is 24.9 Å². The van der Waals surface area contributed by atoms with E-state index in [9.17, 15) is 0 Å². The van der Waals surface area contributed by atoms with Crippen LogP contribution in [0.4, 0.5) is 0 Å². The van der Waals surface area contributed by atoms with Crippen LogP contribution in [0.5, 0.6) is 0 Å². The minimum Gasteiger partial charge on any atom is -0.419 e. The second-order valence-corrected chi connectivity index (χ2v) is 5.97. The van der Waals surface area contributed by atoms with E-state index in [0.29, 0.717) is 30.4 Å². The van der Waals surface area contributed by atoms with Crippen molar-refractivity contribution < 1.29 is 4.42 Å². The number of nitrogens with zero attached hydrogens (tertiary/aromatic N) is 3. The molecule has 3 rings (SSSR count). The first-order valence-corrected chi connectivity index (χ1v) is 7.51. The lowest BCUT2D eigenvalue weighted by molar-refractivity contribution is 0.128. The summed E-state index contributed by atoms with van der Waals surface area (Å²) in [6.45, 7) is 5.95. The second-order valence-electron chi connectivity index (χ2n) is 5.97. The second kappa shape index (κ2) is 5.95. The molecule has 2 aromatic rings. The molecule has 21 heavy (non-hydrogen) atoms. The van der Waals surface area contributed by atoms with Gasteiger partial charge in [0.1, 0.15) is 0 Å². The Balaban J connectivity index is 1.71. The molecule has 0 bridgehead atoms. The topological polar surface area (TPSA) is 68.2 Å². The molecule has 0 amide bonds. The molecule has 1 aliphatic heterocycles. The average molecular weight is 286 g/mol. The summed E-state index contributed by atoms with van der Waals surface area (Å²) in [5.74, 6) is 1.27. The zero-order chi connectivity index (χ0) is 14.8. The molecule has 5 nitrogen and oxygen atoms in total. The molecule has 0 radical (unpaired) electrons. The fourth-order valence-corrected chi connectivity index (χ4v) is 2.88. The molecule has 1 aromatic carbocycles. The monoisotopic (exact) mass is 286 g/mol. The SMILES string of the molecule is Cc1cccc(-c2nnc(CN3CCC(N)CC3C)o2)c1. The number of likely N-dealkylation sites (tertiary alicyclic amines) is 1. The van der Waals surface area contributed by atoms with Crippen LogP contribution in [-0.2, 0) is 6.54 Å². The van der Waals surface area contributed by atoms with E-state index >= 15 is 0 Å². The van der Waals surface area contributed by atoms with Crippen molar-refractivity contribution in [3.63, 3.8) is 0 Å². The van der Waals surface area contributed by atoms with Gasteiger partial charge in [0.05, 0.1) is 6.54 Å². The summed E-state index contributed by atoms with van der Waals surface area (Å²) in [7, 11) is 0. The summed E-state index contributed by atoms with van der Waals surface area (Å²) >= 11 is 0. The Labute approximate surface area is 125 Å². The first-order valence-electron chi connectivity index (χ1n) is 7.51. The number of piperidine rings is 1. The Bertz CT molecular complexity index is 610. The Morgan fingerprint density at radius 1 is 1.38 bits per heavy atom. The molecule has 1 saturated heterocycles. The first kappa shape index (κ1) is 14.2. The maximum atomic E-state index is 6.00. The standard InChI is InChI=1S/C16H22N4O/c1-11-4-3-5-13(8-11)16-19-18-15(21-16)10-20-7-6-14(17)9-12(20)2/h3-5,8,12,14H,6-7,9-10,17H2,1-2H3. The molecule has 1 aliphatic rings. The van der Waals surface area contributed by atoms with E-state index in [1.807, 2.05) is 12.1 Å². The van der Waals surface area contributed by atoms with Crippen molar-refractivity contribution in [2.45, 2.75) is 45.3 Å². The molecule has 0 spiro atoms. The molecule has 0 aliphatic carbocycles. The molecule has 2 atom stereocenters.